The summed E-state index contributed by atoms with van der Waals surface area (Å²) in [4.78, 5) is 60.3. The molecule has 1 heterocycles. The van der Waals surface area contributed by atoms with E-state index < -0.39 is 107 Å². The molecule has 0 spiro atoms. The van der Waals surface area contributed by atoms with Crippen molar-refractivity contribution < 1.29 is 87.3 Å². The van der Waals surface area contributed by atoms with Crippen LogP contribution in [0.5, 0.6) is 0 Å². The Morgan fingerprint density at radius 2 is 1.05 bits per heavy atom. The van der Waals surface area contributed by atoms with Gasteiger partial charge in [-0.1, -0.05) is 194 Å². The van der Waals surface area contributed by atoms with Crippen LogP contribution >= 0.6 is 7.82 Å². The molecule has 442 valence electrons. The maximum atomic E-state index is 12.9. The van der Waals surface area contributed by atoms with Crippen LogP contribution in [0.15, 0.2) is 0 Å². The first-order valence-electron chi connectivity index (χ1n) is 28.9. The number of carboxylic acids is 1. The van der Waals surface area contributed by atoms with Gasteiger partial charge in [0, 0.05) is 32.9 Å². The highest BCUT2D eigenvalue weighted by Crippen LogP contribution is 2.43. The molecule has 0 bridgehead atoms. The quantitative estimate of drug-likeness (QED) is 0.0159. The molecule has 0 aromatic heterocycles. The van der Waals surface area contributed by atoms with Gasteiger partial charge in [0.25, 0.3) is 5.79 Å². The van der Waals surface area contributed by atoms with Gasteiger partial charge in [0.15, 0.2) is 6.10 Å². The molecule has 1 amide bonds. The number of carboxylic acid groups (broad SMARTS) is 1. The third kappa shape index (κ3) is 33.7. The number of hydrogen-bond acceptors (Lipinski definition) is 17. The molecule has 0 aromatic carbocycles. The summed E-state index contributed by atoms with van der Waals surface area (Å²) in [5.74, 6) is -6.70. The molecule has 0 saturated carbocycles. The number of unbranched alkanes of at least 4 members (excludes halogenated alkanes) is 28. The molecular weight excluding hydrogens is 996 g/mol. The summed E-state index contributed by atoms with van der Waals surface area (Å²) >= 11 is 0. The number of hydrogen-bond donors (Lipinski definition) is 9. The van der Waals surface area contributed by atoms with Gasteiger partial charge >= 0.3 is 25.7 Å². The highest BCUT2D eigenvalue weighted by Gasteiger charge is 2.62. The van der Waals surface area contributed by atoms with Crippen LogP contribution in [0.1, 0.15) is 226 Å². The number of amides is 1. The second-order valence-corrected chi connectivity index (χ2v) is 21.8. The maximum Gasteiger partial charge on any atom is 0.472 e. The van der Waals surface area contributed by atoms with Crippen LogP contribution in [-0.4, -0.2) is 154 Å². The molecule has 0 radical (unpaired) electrons. The van der Waals surface area contributed by atoms with E-state index in [4.69, 9.17) is 28.0 Å². The number of phosphoric acid groups is 1. The Hall–Kier alpha value is -2.33. The van der Waals surface area contributed by atoms with Gasteiger partial charge in [-0.2, -0.15) is 0 Å². The van der Waals surface area contributed by atoms with Crippen LogP contribution in [0.25, 0.3) is 0 Å². The van der Waals surface area contributed by atoms with E-state index >= 15 is 0 Å². The Bertz CT molecular complexity index is 1520. The maximum absolute atomic E-state index is 12.9. The van der Waals surface area contributed by atoms with Crippen molar-refractivity contribution in [1.82, 2.24) is 10.6 Å². The molecule has 1 fully saturated rings. The fourth-order valence-electron chi connectivity index (χ4n) is 9.08. The lowest BCUT2D eigenvalue weighted by molar-refractivity contribution is -0.346. The van der Waals surface area contributed by atoms with Crippen LogP contribution in [-0.2, 0) is 51.7 Å². The number of aliphatic carboxylic acids is 1. The second kappa shape index (κ2) is 44.5. The average molecular weight is 1100 g/mol. The number of aliphatic hydroxyl groups excluding tert-OH is 5. The predicted octanol–water partition coefficient (Wildman–Crippen LogP) is 7.82. The molecular formula is C54H103N2O18P. The SMILES string of the molecule is CCCCCCCCCCCCCCCCCC(=O)OC[C@@H](COP(=O)(O)OCCNCCO[C@@]1(C(=O)O)O[C@@H]([C@H](O)[C@H](O)CO)[C@H](NC(C)=O)[C@@H](O)[C@@H]1O)OC(=O)CCCCCCCCCCCCCCCCC. The number of phosphoric ester groups is 1. The lowest BCUT2D eigenvalue weighted by atomic mass is 9.86. The van der Waals surface area contributed by atoms with Crippen LogP contribution in [0.4, 0.5) is 0 Å². The molecule has 1 saturated heterocycles. The van der Waals surface area contributed by atoms with Gasteiger partial charge in [-0.15, -0.1) is 0 Å². The zero-order chi connectivity index (χ0) is 55.6. The van der Waals surface area contributed by atoms with Crippen molar-refractivity contribution in [2.75, 3.05) is 46.1 Å². The average Bonchev–Trinajstić information content (AvgIpc) is 3.38. The second-order valence-electron chi connectivity index (χ2n) is 20.3. The summed E-state index contributed by atoms with van der Waals surface area (Å²) in [5, 5.41) is 66.6. The Labute approximate surface area is 449 Å². The number of ether oxygens (including phenoxy) is 4. The Kier molecular flexibility index (Phi) is 42.0. The summed E-state index contributed by atoms with van der Waals surface area (Å²) in [7, 11) is -4.75. The van der Waals surface area contributed by atoms with Crippen molar-refractivity contribution in [2.24, 2.45) is 0 Å². The molecule has 0 aromatic rings. The minimum atomic E-state index is -4.75. The van der Waals surface area contributed by atoms with Crippen molar-refractivity contribution >= 4 is 31.6 Å². The molecule has 1 aliphatic heterocycles. The number of nitrogens with one attached hydrogen (secondary N) is 2. The van der Waals surface area contributed by atoms with E-state index in [0.29, 0.717) is 12.8 Å². The Morgan fingerprint density at radius 1 is 0.627 bits per heavy atom. The first-order chi connectivity index (χ1) is 36.0. The van der Waals surface area contributed by atoms with E-state index in [2.05, 4.69) is 24.5 Å². The summed E-state index contributed by atoms with van der Waals surface area (Å²) in [6.07, 6.45) is 24.5. The highest BCUT2D eigenvalue weighted by atomic mass is 31.2. The third-order valence-electron chi connectivity index (χ3n) is 13.6. The molecule has 1 unspecified atom stereocenters. The zero-order valence-corrected chi connectivity index (χ0v) is 47.1. The standard InChI is InChI=1S/C54H103N2O18P/c1-4-6-8-10-12-14-16-18-20-22-24-26-28-30-32-34-46(60)69-41-44(73-47(61)35-33-31-29-27-25-23-21-19-17-15-13-11-9-7-5-2)42-72-75(67,68)71-39-37-55-36-38-70-54(53(65)66)52(64)50(63)48(56-43(3)58)51(74-54)49(62)45(59)40-57/h44-45,48-52,55,57,59,62-64H,4-42H2,1-3H3,(H,56,58)(H,65,66)(H,67,68)/t44-,45+,48+,49+,50+,51+,52-,54+/m0/s1. The van der Waals surface area contributed by atoms with Crippen molar-refractivity contribution in [1.29, 1.82) is 0 Å². The van der Waals surface area contributed by atoms with E-state index in [1.807, 2.05) is 0 Å². The number of rotatable bonds is 51. The highest BCUT2D eigenvalue weighted by molar-refractivity contribution is 7.47. The molecule has 75 heavy (non-hydrogen) atoms. The molecule has 20 nitrogen and oxygen atoms in total. The number of carbonyl (C=O) groups excluding carboxylic acids is 3. The zero-order valence-electron chi connectivity index (χ0n) is 46.2. The minimum Gasteiger partial charge on any atom is -0.477 e. The van der Waals surface area contributed by atoms with E-state index in [1.54, 1.807) is 0 Å². The van der Waals surface area contributed by atoms with Gasteiger partial charge in [0.2, 0.25) is 5.91 Å². The summed E-state index contributed by atoms with van der Waals surface area (Å²) in [6, 6.07) is -1.62. The van der Waals surface area contributed by atoms with E-state index in [1.165, 1.54) is 135 Å². The van der Waals surface area contributed by atoms with Gasteiger partial charge in [-0.3, -0.25) is 23.4 Å². The fraction of sp³-hybridized carbons (Fsp3) is 0.926. The largest absolute Gasteiger partial charge is 0.477 e. The van der Waals surface area contributed by atoms with Crippen LogP contribution in [0.3, 0.4) is 0 Å². The van der Waals surface area contributed by atoms with Crippen LogP contribution < -0.4 is 10.6 Å². The fourth-order valence-corrected chi connectivity index (χ4v) is 9.83. The van der Waals surface area contributed by atoms with E-state index in [0.717, 1.165) is 51.9 Å². The molecule has 0 aliphatic carbocycles. The lowest BCUT2D eigenvalue weighted by Gasteiger charge is -2.49. The normalized spacial score (nSPS) is 20.8. The van der Waals surface area contributed by atoms with Gasteiger partial charge < -0.3 is 65.1 Å². The van der Waals surface area contributed by atoms with Crippen LogP contribution in [0.2, 0.25) is 0 Å². The number of carbonyl (C=O) groups is 4. The molecule has 1 aliphatic rings. The number of aliphatic hydroxyl groups is 5. The molecule has 1 rings (SSSR count). The monoisotopic (exact) mass is 1100 g/mol. The van der Waals surface area contributed by atoms with Crippen molar-refractivity contribution in [3.05, 3.63) is 0 Å². The van der Waals surface area contributed by atoms with Gasteiger partial charge in [-0.25, -0.2) is 9.36 Å². The molecule has 21 heteroatoms. The van der Waals surface area contributed by atoms with E-state index in [9.17, 15) is 59.3 Å². The Balaban J connectivity index is 2.61. The summed E-state index contributed by atoms with van der Waals surface area (Å²) < 4.78 is 44.9. The molecule has 9 N–H and O–H groups in total. The van der Waals surface area contributed by atoms with Gasteiger partial charge in [0.1, 0.15) is 37.1 Å². The summed E-state index contributed by atoms with van der Waals surface area (Å²) in [6.45, 7) is 2.31. The first-order valence-corrected chi connectivity index (χ1v) is 30.4. The number of esters is 2. The van der Waals surface area contributed by atoms with E-state index in [-0.39, 0.29) is 32.5 Å². The van der Waals surface area contributed by atoms with Crippen molar-refractivity contribution in [3.8, 4) is 0 Å². The molecule has 9 atom stereocenters. The van der Waals surface area contributed by atoms with Crippen LogP contribution in [0, 0.1) is 0 Å². The van der Waals surface area contributed by atoms with Gasteiger partial charge in [0.05, 0.1) is 32.5 Å². The topological polar surface area (TPSA) is 306 Å². The first kappa shape index (κ1) is 70.7. The lowest BCUT2D eigenvalue weighted by Crippen LogP contribution is -2.74. The third-order valence-corrected chi connectivity index (χ3v) is 14.6. The summed E-state index contributed by atoms with van der Waals surface area (Å²) in [5.41, 5.74) is 0. The minimum absolute atomic E-state index is 0.118. The predicted molar refractivity (Wildman–Crippen MR) is 284 cm³/mol. The van der Waals surface area contributed by atoms with Gasteiger partial charge in [-0.05, 0) is 12.8 Å². The van der Waals surface area contributed by atoms with Crippen molar-refractivity contribution in [3.63, 3.8) is 0 Å². The smallest absolute Gasteiger partial charge is 0.472 e. The van der Waals surface area contributed by atoms with Crippen molar-refractivity contribution in [2.45, 2.75) is 275 Å². The Morgan fingerprint density at radius 3 is 1.48 bits per heavy atom.